The molecule has 2 aliphatic rings. The number of hydrogen-bond acceptors (Lipinski definition) is 7. The summed E-state index contributed by atoms with van der Waals surface area (Å²) >= 11 is 0. The molecule has 246 valence electrons. The minimum atomic E-state index is -0.421. The minimum absolute atomic E-state index is 0.00901. The van der Waals surface area contributed by atoms with E-state index in [1.165, 1.54) is 13.2 Å². The molecule has 7 rings (SSSR count). The number of hydrogen-bond donors (Lipinski definition) is 0. The van der Waals surface area contributed by atoms with E-state index in [0.29, 0.717) is 60.0 Å². The number of halogens is 1. The number of esters is 1. The number of carbonyl (C=O) groups excluding carboxylic acids is 2. The van der Waals surface area contributed by atoms with Crippen LogP contribution < -0.4 is 9.64 Å². The summed E-state index contributed by atoms with van der Waals surface area (Å²) in [6.07, 6.45) is 3.16. The number of ether oxygens (including phenoxy) is 2. The average molecular weight is 648 g/mol. The summed E-state index contributed by atoms with van der Waals surface area (Å²) in [4.78, 5) is 39.9. The summed E-state index contributed by atoms with van der Waals surface area (Å²) in [5, 5.41) is 0.776. The summed E-state index contributed by atoms with van der Waals surface area (Å²) in [6, 6.07) is 17.4. The number of aryl methyl sites for hydroxylation is 2. The first-order valence-electron chi connectivity index (χ1n) is 16.3. The Hall–Kier alpha value is -5.25. The highest BCUT2D eigenvalue weighted by atomic mass is 19.1. The molecule has 0 saturated carbocycles. The normalized spacial score (nSPS) is 14.5. The van der Waals surface area contributed by atoms with Crippen molar-refractivity contribution >= 4 is 28.6 Å². The molecular formula is C38H38FN5O4. The molecule has 2 aromatic carbocycles. The van der Waals surface area contributed by atoms with E-state index >= 15 is 4.39 Å². The average Bonchev–Trinajstić information content (AvgIpc) is 3.45. The van der Waals surface area contributed by atoms with Crippen LogP contribution in [0.15, 0.2) is 60.8 Å². The Morgan fingerprint density at radius 2 is 1.79 bits per heavy atom. The van der Waals surface area contributed by atoms with Gasteiger partial charge in [0.15, 0.2) is 11.6 Å². The molecule has 2 aliphatic heterocycles. The van der Waals surface area contributed by atoms with Crippen molar-refractivity contribution in [2.75, 3.05) is 44.8 Å². The number of para-hydroxylation sites is 1. The standard InChI is InChI=1S/C38H38FN5O4/c1-23-27-11-8-18-48-36(27)31(39)20-28(23)35-29(22-34(45)47-4)24(2)41-37-30(35)21-33(42(37)3)25-12-13-40-32(19-25)38(46)44-16-14-43(15-17-44)26-9-6-5-7-10-26/h5-7,9-10,12-13,19-21H,8,11,14-18,22H2,1-4H3. The predicted octanol–water partition coefficient (Wildman–Crippen LogP) is 6.06. The third-order valence-electron chi connectivity index (χ3n) is 9.70. The van der Waals surface area contributed by atoms with E-state index in [4.69, 9.17) is 14.5 Å². The van der Waals surface area contributed by atoms with E-state index < -0.39 is 11.8 Å². The molecule has 0 unspecified atom stereocenters. The van der Waals surface area contributed by atoms with Crippen molar-refractivity contribution in [2.45, 2.75) is 33.1 Å². The fourth-order valence-electron chi connectivity index (χ4n) is 7.09. The first-order valence-corrected chi connectivity index (χ1v) is 16.3. The van der Waals surface area contributed by atoms with E-state index in [1.54, 1.807) is 6.20 Å². The van der Waals surface area contributed by atoms with Crippen LogP contribution in [0.1, 0.15) is 39.3 Å². The zero-order valence-corrected chi connectivity index (χ0v) is 27.7. The summed E-state index contributed by atoms with van der Waals surface area (Å²) < 4.78 is 28.4. The molecule has 0 radical (unpaired) electrons. The lowest BCUT2D eigenvalue weighted by Crippen LogP contribution is -2.49. The van der Waals surface area contributed by atoms with Crippen molar-refractivity contribution in [2.24, 2.45) is 7.05 Å². The van der Waals surface area contributed by atoms with Crippen LogP contribution in [-0.4, -0.2) is 71.2 Å². The molecule has 0 spiro atoms. The fourth-order valence-corrected chi connectivity index (χ4v) is 7.09. The minimum Gasteiger partial charge on any atom is -0.490 e. The van der Waals surface area contributed by atoms with Gasteiger partial charge in [-0.3, -0.25) is 14.6 Å². The number of pyridine rings is 2. The molecule has 1 saturated heterocycles. The summed E-state index contributed by atoms with van der Waals surface area (Å²) in [7, 11) is 3.28. The number of methoxy groups -OCH3 is 1. The summed E-state index contributed by atoms with van der Waals surface area (Å²) in [6.45, 7) is 7.02. The van der Waals surface area contributed by atoms with Crippen LogP contribution in [0.2, 0.25) is 0 Å². The fraction of sp³-hybridized carbons (Fsp3) is 0.316. The highest BCUT2D eigenvalue weighted by Gasteiger charge is 2.28. The number of amides is 1. The monoisotopic (exact) mass is 647 g/mol. The van der Waals surface area contributed by atoms with Crippen molar-refractivity contribution < 1.29 is 23.5 Å². The van der Waals surface area contributed by atoms with Gasteiger partial charge in [0.1, 0.15) is 11.3 Å². The van der Waals surface area contributed by atoms with Crippen molar-refractivity contribution in [3.05, 3.63) is 94.7 Å². The molecule has 0 bridgehead atoms. The van der Waals surface area contributed by atoms with Gasteiger partial charge >= 0.3 is 5.97 Å². The van der Waals surface area contributed by atoms with Crippen LogP contribution in [0.3, 0.4) is 0 Å². The lowest BCUT2D eigenvalue weighted by atomic mass is 9.87. The third kappa shape index (κ3) is 5.55. The van der Waals surface area contributed by atoms with Crippen LogP contribution in [0, 0.1) is 19.7 Å². The van der Waals surface area contributed by atoms with Crippen molar-refractivity contribution in [1.82, 2.24) is 19.4 Å². The quantitative estimate of drug-likeness (QED) is 0.207. The van der Waals surface area contributed by atoms with Gasteiger partial charge in [0, 0.05) is 67.3 Å². The van der Waals surface area contributed by atoms with E-state index in [1.807, 2.05) is 66.8 Å². The van der Waals surface area contributed by atoms with Gasteiger partial charge in [-0.15, -0.1) is 0 Å². The molecule has 5 aromatic rings. The van der Waals surface area contributed by atoms with E-state index in [9.17, 15) is 9.59 Å². The Labute approximate surface area is 278 Å². The molecule has 5 heterocycles. The first kappa shape index (κ1) is 31.4. The number of piperazine rings is 1. The Morgan fingerprint density at radius 1 is 1.02 bits per heavy atom. The zero-order valence-electron chi connectivity index (χ0n) is 27.7. The van der Waals surface area contributed by atoms with Crippen molar-refractivity contribution in [3.63, 3.8) is 0 Å². The molecular weight excluding hydrogens is 609 g/mol. The van der Waals surface area contributed by atoms with E-state index in [0.717, 1.165) is 58.5 Å². The number of benzene rings is 2. The highest BCUT2D eigenvalue weighted by molar-refractivity contribution is 6.01. The Kier molecular flexibility index (Phi) is 8.33. The van der Waals surface area contributed by atoms with Crippen molar-refractivity contribution in [3.8, 4) is 28.1 Å². The maximum absolute atomic E-state index is 15.6. The van der Waals surface area contributed by atoms with Crippen LogP contribution in [0.4, 0.5) is 10.1 Å². The number of rotatable bonds is 6. The highest BCUT2D eigenvalue weighted by Crippen LogP contribution is 2.43. The van der Waals surface area contributed by atoms with Gasteiger partial charge in [0.2, 0.25) is 0 Å². The van der Waals surface area contributed by atoms with Gasteiger partial charge in [-0.2, -0.15) is 0 Å². The molecule has 0 aliphatic carbocycles. The lowest BCUT2D eigenvalue weighted by Gasteiger charge is -2.36. The van der Waals surface area contributed by atoms with Gasteiger partial charge in [0.25, 0.3) is 5.91 Å². The van der Waals surface area contributed by atoms with Crippen molar-refractivity contribution in [1.29, 1.82) is 0 Å². The maximum Gasteiger partial charge on any atom is 0.310 e. The van der Waals surface area contributed by atoms with Gasteiger partial charge in [-0.1, -0.05) is 18.2 Å². The number of anilines is 1. The number of nitrogens with zero attached hydrogens (tertiary/aromatic N) is 5. The molecule has 0 atom stereocenters. The number of carbonyl (C=O) groups is 2. The molecule has 9 nitrogen and oxygen atoms in total. The molecule has 1 fully saturated rings. The summed E-state index contributed by atoms with van der Waals surface area (Å²) in [5.74, 6) is -0.628. The zero-order chi connectivity index (χ0) is 33.5. The van der Waals surface area contributed by atoms with E-state index in [2.05, 4.69) is 22.0 Å². The van der Waals surface area contributed by atoms with Gasteiger partial charge in [-0.25, -0.2) is 9.37 Å². The second kappa shape index (κ2) is 12.7. The third-order valence-corrected chi connectivity index (χ3v) is 9.70. The molecule has 0 N–H and O–H groups in total. The molecule has 48 heavy (non-hydrogen) atoms. The van der Waals surface area contributed by atoms with Crippen LogP contribution in [0.25, 0.3) is 33.4 Å². The lowest BCUT2D eigenvalue weighted by molar-refractivity contribution is -0.139. The van der Waals surface area contributed by atoms with Gasteiger partial charge in [0.05, 0.1) is 25.8 Å². The molecule has 1 amide bonds. The number of fused-ring (bicyclic) bond motifs is 2. The van der Waals surface area contributed by atoms with Crippen LogP contribution >= 0.6 is 0 Å². The SMILES string of the molecule is COC(=O)Cc1c(C)nc2c(cc(-c3ccnc(C(=O)N4CCN(c5ccccc5)CC4)c3)n2C)c1-c1cc(F)c2c(c1C)CCCO2. The van der Waals surface area contributed by atoms with E-state index in [-0.39, 0.29) is 12.3 Å². The molecule has 3 aromatic heterocycles. The maximum atomic E-state index is 15.6. The second-order valence-corrected chi connectivity index (χ2v) is 12.5. The Morgan fingerprint density at radius 3 is 2.54 bits per heavy atom. The molecule has 10 heteroatoms. The van der Waals surface area contributed by atoms with Gasteiger partial charge in [-0.05, 0) is 85.3 Å². The van der Waals surface area contributed by atoms with Crippen LogP contribution in [0.5, 0.6) is 5.75 Å². The predicted molar refractivity (Wildman–Crippen MR) is 183 cm³/mol. The topological polar surface area (TPSA) is 89.8 Å². The van der Waals surface area contributed by atoms with Crippen LogP contribution in [-0.2, 0) is 29.4 Å². The first-order chi connectivity index (χ1) is 23.2. The van der Waals surface area contributed by atoms with Gasteiger partial charge < -0.3 is 23.8 Å². The smallest absolute Gasteiger partial charge is 0.310 e. The summed E-state index contributed by atoms with van der Waals surface area (Å²) in [5.41, 5.74) is 8.38. The Bertz CT molecular complexity index is 2050. The Balaban J connectivity index is 1.29. The largest absolute Gasteiger partial charge is 0.490 e. The second-order valence-electron chi connectivity index (χ2n) is 12.5. The number of aromatic nitrogens is 3.